The summed E-state index contributed by atoms with van der Waals surface area (Å²) >= 11 is 6.10. The van der Waals surface area contributed by atoms with Crippen LogP contribution in [0.15, 0.2) is 42.5 Å². The molecule has 6 nitrogen and oxygen atoms in total. The number of anilines is 2. The predicted octanol–water partition coefficient (Wildman–Crippen LogP) is 2.60. The highest BCUT2D eigenvalue weighted by Crippen LogP contribution is 2.33. The van der Waals surface area contributed by atoms with Crippen LogP contribution >= 0.6 is 11.6 Å². The maximum Gasteiger partial charge on any atom is 0.262 e. The molecule has 0 fully saturated rings. The molecule has 2 aromatic carbocycles. The molecule has 26 heavy (non-hydrogen) atoms. The summed E-state index contributed by atoms with van der Waals surface area (Å²) in [6, 6.07) is 12.7. The molecular weight excluding hydrogens is 354 g/mol. The molecule has 1 heterocycles. The van der Waals surface area contributed by atoms with E-state index in [1.807, 2.05) is 36.1 Å². The second-order valence-corrected chi connectivity index (χ2v) is 6.49. The first-order valence-electron chi connectivity index (χ1n) is 8.26. The van der Waals surface area contributed by atoms with Gasteiger partial charge in [-0.25, -0.2) is 0 Å². The van der Waals surface area contributed by atoms with Crippen LogP contribution in [-0.4, -0.2) is 38.1 Å². The highest BCUT2D eigenvalue weighted by Gasteiger charge is 2.30. The molecule has 0 radical (unpaired) electrons. The van der Waals surface area contributed by atoms with Gasteiger partial charge in [0, 0.05) is 17.8 Å². The summed E-state index contributed by atoms with van der Waals surface area (Å²) < 4.78 is 5.74. The lowest BCUT2D eigenvalue weighted by atomic mass is 10.1. The average molecular weight is 374 g/mol. The van der Waals surface area contributed by atoms with Crippen molar-refractivity contribution >= 4 is 34.8 Å². The summed E-state index contributed by atoms with van der Waals surface area (Å²) in [6.07, 6.45) is -0.670. The van der Waals surface area contributed by atoms with Crippen molar-refractivity contribution in [3.8, 4) is 5.75 Å². The zero-order valence-electron chi connectivity index (χ0n) is 14.6. The Balaban J connectivity index is 1.75. The maximum atomic E-state index is 12.5. The third-order valence-electron chi connectivity index (χ3n) is 4.19. The van der Waals surface area contributed by atoms with Gasteiger partial charge in [-0.2, -0.15) is 0 Å². The Morgan fingerprint density at radius 2 is 2.04 bits per heavy atom. The van der Waals surface area contributed by atoms with E-state index in [1.54, 1.807) is 25.2 Å². The molecule has 2 amide bonds. The van der Waals surface area contributed by atoms with E-state index in [-0.39, 0.29) is 18.4 Å². The summed E-state index contributed by atoms with van der Waals surface area (Å²) in [5.74, 6) is 0.158. The summed E-state index contributed by atoms with van der Waals surface area (Å²) in [6.45, 7) is 2.29. The number of rotatable bonds is 4. The van der Waals surface area contributed by atoms with Gasteiger partial charge in [0.2, 0.25) is 5.91 Å². The lowest BCUT2D eigenvalue weighted by Gasteiger charge is -2.35. The SMILES string of the molecule is CNC(=O)[C@H]1CN(CC(=O)Nc2ccc(C)c(Cl)c2)c2ccccc2O1. The third kappa shape index (κ3) is 3.91. The molecule has 0 saturated carbocycles. The van der Waals surface area contributed by atoms with Crippen molar-refractivity contribution in [2.45, 2.75) is 13.0 Å². The second-order valence-electron chi connectivity index (χ2n) is 6.08. The number of ether oxygens (including phenoxy) is 1. The van der Waals surface area contributed by atoms with E-state index in [9.17, 15) is 9.59 Å². The van der Waals surface area contributed by atoms with Crippen LogP contribution < -0.4 is 20.3 Å². The summed E-state index contributed by atoms with van der Waals surface area (Å²) in [4.78, 5) is 26.3. The topological polar surface area (TPSA) is 70.7 Å². The van der Waals surface area contributed by atoms with Crippen molar-refractivity contribution in [2.24, 2.45) is 0 Å². The van der Waals surface area contributed by atoms with Crippen molar-refractivity contribution in [3.63, 3.8) is 0 Å². The van der Waals surface area contributed by atoms with Gasteiger partial charge in [-0.05, 0) is 36.8 Å². The van der Waals surface area contributed by atoms with Gasteiger partial charge in [0.25, 0.3) is 5.91 Å². The van der Waals surface area contributed by atoms with Crippen LogP contribution in [0.25, 0.3) is 0 Å². The fourth-order valence-electron chi connectivity index (χ4n) is 2.80. The van der Waals surface area contributed by atoms with Crippen LogP contribution in [0.2, 0.25) is 5.02 Å². The molecule has 1 aliphatic heterocycles. The molecule has 0 aromatic heterocycles. The van der Waals surface area contributed by atoms with Crippen LogP contribution in [-0.2, 0) is 9.59 Å². The molecule has 3 rings (SSSR count). The largest absolute Gasteiger partial charge is 0.477 e. The monoisotopic (exact) mass is 373 g/mol. The smallest absolute Gasteiger partial charge is 0.262 e. The van der Waals surface area contributed by atoms with Gasteiger partial charge >= 0.3 is 0 Å². The Bertz CT molecular complexity index is 841. The molecule has 0 aliphatic carbocycles. The molecule has 1 atom stereocenters. The number of hydrogen-bond donors (Lipinski definition) is 2. The van der Waals surface area contributed by atoms with Crippen molar-refractivity contribution in [1.29, 1.82) is 0 Å². The number of carbonyl (C=O) groups is 2. The lowest BCUT2D eigenvalue weighted by molar-refractivity contribution is -0.127. The Morgan fingerprint density at radius 1 is 1.27 bits per heavy atom. The molecule has 0 bridgehead atoms. The minimum atomic E-state index is -0.670. The van der Waals surface area contributed by atoms with E-state index in [4.69, 9.17) is 16.3 Å². The van der Waals surface area contributed by atoms with Crippen LogP contribution in [0.3, 0.4) is 0 Å². The second kappa shape index (κ2) is 7.66. The number of carbonyl (C=O) groups excluding carboxylic acids is 2. The lowest BCUT2D eigenvalue weighted by Crippen LogP contribution is -2.50. The zero-order chi connectivity index (χ0) is 18.7. The van der Waals surface area contributed by atoms with E-state index >= 15 is 0 Å². The predicted molar refractivity (Wildman–Crippen MR) is 102 cm³/mol. The number of nitrogens with one attached hydrogen (secondary N) is 2. The number of likely N-dealkylation sites (N-methyl/N-ethyl adjacent to an activating group) is 1. The average Bonchev–Trinajstić information content (AvgIpc) is 2.64. The van der Waals surface area contributed by atoms with Crippen molar-refractivity contribution in [1.82, 2.24) is 5.32 Å². The van der Waals surface area contributed by atoms with Gasteiger partial charge in [0.15, 0.2) is 6.10 Å². The quantitative estimate of drug-likeness (QED) is 0.864. The van der Waals surface area contributed by atoms with Gasteiger partial charge in [-0.15, -0.1) is 0 Å². The molecule has 0 spiro atoms. The molecule has 2 N–H and O–H groups in total. The van der Waals surface area contributed by atoms with E-state index < -0.39 is 6.10 Å². The number of halogens is 1. The van der Waals surface area contributed by atoms with Crippen LogP contribution in [0.1, 0.15) is 5.56 Å². The van der Waals surface area contributed by atoms with Crippen LogP contribution in [0.5, 0.6) is 5.75 Å². The Hall–Kier alpha value is -2.73. The minimum Gasteiger partial charge on any atom is -0.477 e. The van der Waals surface area contributed by atoms with Gasteiger partial charge < -0.3 is 20.3 Å². The standard InChI is InChI=1S/C19H20ClN3O3/c1-12-7-8-13(9-14(12)20)22-18(24)11-23-10-17(19(25)21-2)26-16-6-4-3-5-15(16)23/h3-9,17H,10-11H2,1-2H3,(H,21,25)(H,22,24)/t17-/m1/s1. The number of amides is 2. The first-order chi connectivity index (χ1) is 12.5. The van der Waals surface area contributed by atoms with Crippen molar-refractivity contribution in [2.75, 3.05) is 30.4 Å². The molecular formula is C19H20ClN3O3. The maximum absolute atomic E-state index is 12.5. The normalized spacial score (nSPS) is 15.7. The summed E-state index contributed by atoms with van der Waals surface area (Å²) in [7, 11) is 1.56. The molecule has 0 saturated heterocycles. The first kappa shape index (κ1) is 18.1. The van der Waals surface area contributed by atoms with Gasteiger partial charge in [0.1, 0.15) is 5.75 Å². The van der Waals surface area contributed by atoms with E-state index in [2.05, 4.69) is 10.6 Å². The fraction of sp³-hybridized carbons (Fsp3) is 0.263. The van der Waals surface area contributed by atoms with Gasteiger partial charge in [-0.3, -0.25) is 9.59 Å². The Labute approximate surface area is 157 Å². The number of aryl methyl sites for hydroxylation is 1. The fourth-order valence-corrected chi connectivity index (χ4v) is 2.98. The zero-order valence-corrected chi connectivity index (χ0v) is 15.3. The molecule has 136 valence electrons. The number of para-hydroxylation sites is 2. The van der Waals surface area contributed by atoms with Crippen LogP contribution in [0, 0.1) is 6.92 Å². The van der Waals surface area contributed by atoms with Crippen molar-refractivity contribution < 1.29 is 14.3 Å². The summed E-state index contributed by atoms with van der Waals surface area (Å²) in [5.41, 5.74) is 2.36. The van der Waals surface area contributed by atoms with Crippen LogP contribution in [0.4, 0.5) is 11.4 Å². The number of fused-ring (bicyclic) bond motifs is 1. The van der Waals surface area contributed by atoms with E-state index in [0.29, 0.717) is 23.0 Å². The molecule has 1 aliphatic rings. The number of benzene rings is 2. The molecule has 2 aromatic rings. The molecule has 0 unspecified atom stereocenters. The third-order valence-corrected chi connectivity index (χ3v) is 4.60. The highest BCUT2D eigenvalue weighted by molar-refractivity contribution is 6.31. The Kier molecular flexibility index (Phi) is 5.32. The summed E-state index contributed by atoms with van der Waals surface area (Å²) in [5, 5.41) is 6.02. The van der Waals surface area contributed by atoms with Crippen molar-refractivity contribution in [3.05, 3.63) is 53.1 Å². The number of hydrogen-bond acceptors (Lipinski definition) is 4. The Morgan fingerprint density at radius 3 is 2.77 bits per heavy atom. The highest BCUT2D eigenvalue weighted by atomic mass is 35.5. The minimum absolute atomic E-state index is 0.0966. The molecule has 7 heteroatoms. The van der Waals surface area contributed by atoms with Gasteiger partial charge in [0.05, 0.1) is 18.8 Å². The first-order valence-corrected chi connectivity index (χ1v) is 8.64. The van der Waals surface area contributed by atoms with Gasteiger partial charge in [-0.1, -0.05) is 29.8 Å². The number of nitrogens with zero attached hydrogens (tertiary/aromatic N) is 1. The van der Waals surface area contributed by atoms with E-state index in [0.717, 1.165) is 11.3 Å². The van der Waals surface area contributed by atoms with E-state index in [1.165, 1.54) is 0 Å².